The van der Waals surface area contributed by atoms with Crippen molar-refractivity contribution < 1.29 is 4.74 Å². The average molecular weight is 387 g/mol. The van der Waals surface area contributed by atoms with Gasteiger partial charge >= 0.3 is 0 Å². The molecule has 1 fully saturated rings. The van der Waals surface area contributed by atoms with Gasteiger partial charge in [-0.25, -0.2) is 0 Å². The summed E-state index contributed by atoms with van der Waals surface area (Å²) in [6.45, 7) is 9.15. The molecule has 0 radical (unpaired) electrons. The number of nitrogens with zero attached hydrogens (tertiary/aromatic N) is 2. The molecule has 0 unspecified atom stereocenters. The van der Waals surface area contributed by atoms with Crippen LogP contribution in [0, 0.1) is 11.8 Å². The van der Waals surface area contributed by atoms with Gasteiger partial charge in [-0.3, -0.25) is 4.98 Å². The van der Waals surface area contributed by atoms with Gasteiger partial charge in [0.1, 0.15) is 11.3 Å². The van der Waals surface area contributed by atoms with Gasteiger partial charge in [0.15, 0.2) is 5.11 Å². The van der Waals surface area contributed by atoms with Gasteiger partial charge < -0.3 is 20.3 Å². The second kappa shape index (κ2) is 9.33. The number of pyridine rings is 1. The zero-order valence-corrected chi connectivity index (χ0v) is 17.3. The van der Waals surface area contributed by atoms with E-state index >= 15 is 0 Å². The Bertz CT molecular complexity index is 772. The Hall–Kier alpha value is -1.92. The highest BCUT2D eigenvalue weighted by molar-refractivity contribution is 7.80. The molecule has 5 nitrogen and oxygen atoms in total. The molecule has 2 atom stereocenters. The van der Waals surface area contributed by atoms with E-state index in [1.54, 1.807) is 13.3 Å². The summed E-state index contributed by atoms with van der Waals surface area (Å²) in [4.78, 5) is 7.01. The Kier molecular flexibility index (Phi) is 6.85. The van der Waals surface area contributed by atoms with Gasteiger partial charge in [-0.1, -0.05) is 13.8 Å². The summed E-state index contributed by atoms with van der Waals surface area (Å²) < 4.78 is 5.40. The van der Waals surface area contributed by atoms with E-state index in [1.807, 2.05) is 24.3 Å². The minimum atomic E-state index is 0.644. The van der Waals surface area contributed by atoms with Crippen molar-refractivity contribution in [2.45, 2.75) is 26.7 Å². The third-order valence-corrected chi connectivity index (χ3v) is 5.33. The highest BCUT2D eigenvalue weighted by Gasteiger charge is 2.21. The molecule has 0 amide bonds. The molecule has 1 aliphatic rings. The monoisotopic (exact) mass is 386 g/mol. The molecule has 0 saturated carbocycles. The highest BCUT2D eigenvalue weighted by atomic mass is 32.1. The van der Waals surface area contributed by atoms with Gasteiger partial charge in [0, 0.05) is 36.9 Å². The Labute approximate surface area is 167 Å². The number of benzene rings is 1. The standard InChI is InChI=1S/C21H30N4OS/c1-15-12-16(2)14-25(13-15)11-5-10-23-21(27)24-18-7-8-19(26-3)20-17(18)6-4-9-22-20/h4,6-9,15-16H,5,10-14H2,1-3H3,(H2,23,24,27)/t15-,16-/m1/s1. The number of piperidine rings is 1. The van der Waals surface area contributed by atoms with E-state index in [4.69, 9.17) is 17.0 Å². The Morgan fingerprint density at radius 3 is 2.78 bits per heavy atom. The lowest BCUT2D eigenvalue weighted by Crippen LogP contribution is -2.40. The maximum atomic E-state index is 5.48. The molecule has 0 bridgehead atoms. The van der Waals surface area contributed by atoms with Crippen LogP contribution >= 0.6 is 12.2 Å². The molecule has 6 heteroatoms. The van der Waals surface area contributed by atoms with Crippen LogP contribution in [0.3, 0.4) is 0 Å². The number of nitrogens with one attached hydrogen (secondary N) is 2. The van der Waals surface area contributed by atoms with E-state index < -0.39 is 0 Å². The summed E-state index contributed by atoms with van der Waals surface area (Å²) >= 11 is 5.48. The summed E-state index contributed by atoms with van der Waals surface area (Å²) in [5.74, 6) is 2.38. The number of likely N-dealkylation sites (tertiary alicyclic amines) is 1. The van der Waals surface area contributed by atoms with Gasteiger partial charge in [-0.15, -0.1) is 0 Å². The van der Waals surface area contributed by atoms with Crippen LogP contribution in [-0.2, 0) is 0 Å². The van der Waals surface area contributed by atoms with Crippen LogP contribution in [0.5, 0.6) is 5.75 Å². The fourth-order valence-corrected chi connectivity index (χ4v) is 4.28. The zero-order valence-electron chi connectivity index (χ0n) is 16.5. The lowest BCUT2D eigenvalue weighted by Gasteiger charge is -2.35. The SMILES string of the molecule is COc1ccc(NC(=S)NCCCN2C[C@H](C)C[C@@H](C)C2)c2cccnc12. The van der Waals surface area contributed by atoms with Crippen molar-refractivity contribution >= 4 is 33.9 Å². The van der Waals surface area contributed by atoms with Crippen molar-refractivity contribution in [3.05, 3.63) is 30.5 Å². The topological polar surface area (TPSA) is 49.4 Å². The fraction of sp³-hybridized carbons (Fsp3) is 0.524. The first-order valence-corrected chi connectivity index (χ1v) is 10.2. The Morgan fingerprint density at radius 1 is 1.26 bits per heavy atom. The maximum absolute atomic E-state index is 5.48. The number of ether oxygens (including phenoxy) is 1. The maximum Gasteiger partial charge on any atom is 0.170 e. The predicted molar refractivity (Wildman–Crippen MR) is 117 cm³/mol. The van der Waals surface area contributed by atoms with Crippen molar-refractivity contribution in [1.82, 2.24) is 15.2 Å². The highest BCUT2D eigenvalue weighted by Crippen LogP contribution is 2.29. The summed E-state index contributed by atoms with van der Waals surface area (Å²) in [5, 5.41) is 8.27. The van der Waals surface area contributed by atoms with Crippen LogP contribution in [-0.4, -0.2) is 48.3 Å². The third-order valence-electron chi connectivity index (χ3n) is 5.08. The lowest BCUT2D eigenvalue weighted by molar-refractivity contribution is 0.140. The number of fused-ring (bicyclic) bond motifs is 1. The largest absolute Gasteiger partial charge is 0.494 e. The molecule has 1 aromatic carbocycles. The normalized spacial score (nSPS) is 20.4. The molecular formula is C21H30N4OS. The minimum absolute atomic E-state index is 0.644. The molecule has 2 N–H and O–H groups in total. The third kappa shape index (κ3) is 5.30. The summed E-state index contributed by atoms with van der Waals surface area (Å²) in [5.41, 5.74) is 1.77. The van der Waals surface area contributed by atoms with E-state index in [-0.39, 0.29) is 0 Å². The number of hydrogen-bond acceptors (Lipinski definition) is 4. The second-order valence-electron chi connectivity index (χ2n) is 7.66. The van der Waals surface area contributed by atoms with E-state index in [9.17, 15) is 0 Å². The van der Waals surface area contributed by atoms with Gasteiger partial charge in [-0.05, 0) is 67.7 Å². The van der Waals surface area contributed by atoms with Crippen molar-refractivity contribution in [1.29, 1.82) is 0 Å². The predicted octanol–water partition coefficient (Wildman–Crippen LogP) is 3.90. The molecule has 2 aromatic rings. The van der Waals surface area contributed by atoms with E-state index in [2.05, 4.69) is 34.4 Å². The van der Waals surface area contributed by atoms with Gasteiger partial charge in [0.2, 0.25) is 0 Å². The van der Waals surface area contributed by atoms with Gasteiger partial charge in [-0.2, -0.15) is 0 Å². The smallest absolute Gasteiger partial charge is 0.170 e. The number of anilines is 1. The second-order valence-corrected chi connectivity index (χ2v) is 8.06. The molecule has 2 heterocycles. The van der Waals surface area contributed by atoms with Crippen LogP contribution in [0.25, 0.3) is 10.9 Å². The summed E-state index contributed by atoms with van der Waals surface area (Å²) in [6.07, 6.45) is 4.22. The van der Waals surface area contributed by atoms with Crippen LogP contribution < -0.4 is 15.4 Å². The first-order chi connectivity index (χ1) is 13.1. The first-order valence-electron chi connectivity index (χ1n) is 9.75. The van der Waals surface area contributed by atoms with Crippen molar-refractivity contribution in [3.8, 4) is 5.75 Å². The molecule has 3 rings (SSSR count). The summed E-state index contributed by atoms with van der Waals surface area (Å²) in [7, 11) is 1.66. The van der Waals surface area contributed by atoms with Crippen LogP contribution in [0.4, 0.5) is 5.69 Å². The van der Waals surface area contributed by atoms with Crippen LogP contribution in [0.15, 0.2) is 30.5 Å². The molecule has 1 aliphatic heterocycles. The fourth-order valence-electron chi connectivity index (χ4n) is 4.07. The number of aromatic nitrogens is 1. The number of hydrogen-bond donors (Lipinski definition) is 2. The summed E-state index contributed by atoms with van der Waals surface area (Å²) in [6, 6.07) is 7.84. The lowest BCUT2D eigenvalue weighted by atomic mass is 9.92. The Balaban J connectivity index is 1.49. The molecule has 0 aliphatic carbocycles. The van der Waals surface area contributed by atoms with Crippen molar-refractivity contribution in [3.63, 3.8) is 0 Å². The zero-order chi connectivity index (χ0) is 19.2. The molecule has 1 saturated heterocycles. The van der Waals surface area contributed by atoms with E-state index in [0.717, 1.165) is 53.7 Å². The van der Waals surface area contributed by atoms with Gasteiger partial charge in [0.25, 0.3) is 0 Å². The van der Waals surface area contributed by atoms with Crippen LogP contribution in [0.2, 0.25) is 0 Å². The Morgan fingerprint density at radius 2 is 2.04 bits per heavy atom. The molecule has 1 aromatic heterocycles. The minimum Gasteiger partial charge on any atom is -0.494 e. The molecule has 0 spiro atoms. The number of methoxy groups -OCH3 is 1. The number of thiocarbonyl (C=S) groups is 1. The first kappa shape index (κ1) is 19.8. The average Bonchev–Trinajstić information content (AvgIpc) is 2.65. The van der Waals surface area contributed by atoms with Gasteiger partial charge in [0.05, 0.1) is 7.11 Å². The van der Waals surface area contributed by atoms with Crippen molar-refractivity contribution in [2.75, 3.05) is 38.6 Å². The molecular weight excluding hydrogens is 356 g/mol. The van der Waals surface area contributed by atoms with E-state index in [1.165, 1.54) is 19.5 Å². The molecule has 146 valence electrons. The quantitative estimate of drug-likeness (QED) is 0.580. The van der Waals surface area contributed by atoms with Crippen molar-refractivity contribution in [2.24, 2.45) is 11.8 Å². The molecule has 27 heavy (non-hydrogen) atoms. The number of rotatable bonds is 6. The van der Waals surface area contributed by atoms with Crippen LogP contribution in [0.1, 0.15) is 26.7 Å². The van der Waals surface area contributed by atoms with E-state index in [0.29, 0.717) is 5.11 Å².